The number of carbonyl (C=O) groups excluding carboxylic acids is 2. The standard InChI is InChI=1S/C29H26BrClF2N4O2/c1-15-3-2-4-25(37-10-8-17(12-26(37)38)27-21(32)6-5-20(31)28(27)33)24-11-16(7-9-35-24)18-13-19(30)22(34)14-23(18)36-29(15)39/h5-7,9,11-15,25H,2-4,8,10,34H2,1H3,(H,36,39)/t15-,25+/m1/s1. The van der Waals surface area contributed by atoms with Crippen LogP contribution in [0.5, 0.6) is 0 Å². The first-order valence-corrected chi connectivity index (χ1v) is 13.8. The number of rotatable bonds is 2. The normalized spacial score (nSPS) is 19.9. The Morgan fingerprint density at radius 1 is 1.15 bits per heavy atom. The molecule has 202 valence electrons. The highest BCUT2D eigenvalue weighted by atomic mass is 79.9. The van der Waals surface area contributed by atoms with Crippen LogP contribution in [-0.2, 0) is 9.59 Å². The number of anilines is 2. The molecule has 3 aromatic rings. The number of hydrogen-bond acceptors (Lipinski definition) is 4. The Kier molecular flexibility index (Phi) is 7.73. The molecule has 5 rings (SSSR count). The molecule has 3 N–H and O–H groups in total. The van der Waals surface area contributed by atoms with Crippen molar-refractivity contribution in [1.82, 2.24) is 9.88 Å². The lowest BCUT2D eigenvalue weighted by atomic mass is 9.92. The topological polar surface area (TPSA) is 88.3 Å². The van der Waals surface area contributed by atoms with Crippen LogP contribution in [-0.4, -0.2) is 28.2 Å². The van der Waals surface area contributed by atoms with Gasteiger partial charge in [0.25, 0.3) is 0 Å². The molecular weight excluding hydrogens is 590 g/mol. The van der Waals surface area contributed by atoms with Crippen molar-refractivity contribution in [3.63, 3.8) is 0 Å². The second-order valence-electron chi connectivity index (χ2n) is 9.90. The van der Waals surface area contributed by atoms with E-state index in [-0.39, 0.29) is 52.9 Å². The minimum atomic E-state index is -0.873. The van der Waals surface area contributed by atoms with Crippen LogP contribution < -0.4 is 11.1 Å². The van der Waals surface area contributed by atoms with E-state index < -0.39 is 11.6 Å². The molecule has 0 radical (unpaired) electrons. The summed E-state index contributed by atoms with van der Waals surface area (Å²) in [5, 5.41) is 2.82. The first-order chi connectivity index (χ1) is 18.6. The molecule has 0 aliphatic carbocycles. The number of pyridine rings is 1. The van der Waals surface area contributed by atoms with Gasteiger partial charge in [-0.2, -0.15) is 0 Å². The highest BCUT2D eigenvalue weighted by Gasteiger charge is 2.31. The first kappa shape index (κ1) is 27.3. The maximum Gasteiger partial charge on any atom is 0.247 e. The van der Waals surface area contributed by atoms with E-state index in [1.165, 1.54) is 6.08 Å². The van der Waals surface area contributed by atoms with Gasteiger partial charge in [0.1, 0.15) is 5.82 Å². The fourth-order valence-corrected chi connectivity index (χ4v) is 5.68. The second-order valence-corrected chi connectivity index (χ2v) is 11.2. The van der Waals surface area contributed by atoms with Crippen LogP contribution in [0.4, 0.5) is 20.2 Å². The Morgan fingerprint density at radius 3 is 2.72 bits per heavy atom. The second kappa shape index (κ2) is 11.1. The molecule has 2 atom stereocenters. The molecule has 0 saturated carbocycles. The van der Waals surface area contributed by atoms with Crippen LogP contribution in [0.25, 0.3) is 16.7 Å². The quantitative estimate of drug-likeness (QED) is 0.237. The van der Waals surface area contributed by atoms with E-state index in [0.29, 0.717) is 40.8 Å². The summed E-state index contributed by atoms with van der Waals surface area (Å²) in [4.78, 5) is 32.7. The Labute approximate surface area is 238 Å². The van der Waals surface area contributed by atoms with Crippen LogP contribution in [0.3, 0.4) is 0 Å². The number of benzene rings is 2. The van der Waals surface area contributed by atoms with Crippen LogP contribution >= 0.6 is 27.5 Å². The Balaban J connectivity index is 1.55. The van der Waals surface area contributed by atoms with Gasteiger partial charge < -0.3 is 16.0 Å². The molecule has 0 fully saturated rings. The highest BCUT2D eigenvalue weighted by Crippen LogP contribution is 2.39. The summed E-state index contributed by atoms with van der Waals surface area (Å²) >= 11 is 9.36. The average Bonchev–Trinajstić information content (AvgIpc) is 2.91. The number of nitrogen functional groups attached to an aromatic ring is 1. The molecule has 39 heavy (non-hydrogen) atoms. The number of nitrogens with two attached hydrogens (primary N) is 1. The third-order valence-corrected chi connectivity index (χ3v) is 8.31. The van der Waals surface area contributed by atoms with Crippen LogP contribution in [0.15, 0.2) is 53.1 Å². The number of nitrogens with one attached hydrogen (secondary N) is 1. The molecule has 2 aliphatic heterocycles. The highest BCUT2D eigenvalue weighted by molar-refractivity contribution is 9.10. The molecule has 3 heterocycles. The van der Waals surface area contributed by atoms with Crippen molar-refractivity contribution >= 4 is 56.3 Å². The monoisotopic (exact) mass is 614 g/mol. The van der Waals surface area contributed by atoms with Gasteiger partial charge in [-0.05, 0) is 82.7 Å². The minimum Gasteiger partial charge on any atom is -0.398 e. The molecule has 2 amide bonds. The largest absolute Gasteiger partial charge is 0.398 e. The van der Waals surface area contributed by atoms with Gasteiger partial charge in [-0.25, -0.2) is 8.78 Å². The SMILES string of the molecule is C[C@@H]1CCC[C@H](N2CCC(c3c(F)ccc(Cl)c3F)=CC2=O)c2cc(ccn2)-c2cc(Br)c(N)cc2NC1=O. The summed E-state index contributed by atoms with van der Waals surface area (Å²) < 4.78 is 29.9. The molecule has 2 aromatic carbocycles. The molecule has 10 heteroatoms. The molecule has 6 nitrogen and oxygen atoms in total. The van der Waals surface area contributed by atoms with Crippen LogP contribution in [0.1, 0.15) is 49.9 Å². The van der Waals surface area contributed by atoms with Crippen molar-refractivity contribution in [2.75, 3.05) is 17.6 Å². The fourth-order valence-electron chi connectivity index (χ4n) is 5.18. The molecule has 0 unspecified atom stereocenters. The van der Waals surface area contributed by atoms with E-state index in [1.54, 1.807) is 17.2 Å². The summed E-state index contributed by atoms with van der Waals surface area (Å²) in [6, 6.07) is 9.19. The van der Waals surface area contributed by atoms with Gasteiger partial charge >= 0.3 is 0 Å². The Morgan fingerprint density at radius 2 is 1.95 bits per heavy atom. The third kappa shape index (κ3) is 5.43. The summed E-state index contributed by atoms with van der Waals surface area (Å²) in [6.45, 7) is 2.12. The van der Waals surface area contributed by atoms with Gasteiger partial charge in [0, 0.05) is 40.5 Å². The maximum atomic E-state index is 14.7. The van der Waals surface area contributed by atoms with Crippen molar-refractivity contribution < 1.29 is 18.4 Å². The summed E-state index contributed by atoms with van der Waals surface area (Å²) in [6.07, 6.45) is 5.05. The predicted molar refractivity (Wildman–Crippen MR) is 152 cm³/mol. The number of carbonyl (C=O) groups is 2. The Bertz CT molecular complexity index is 1510. The molecular formula is C29H26BrClF2N4O2. The summed E-state index contributed by atoms with van der Waals surface area (Å²) in [5.41, 5.74) is 9.46. The zero-order chi connectivity index (χ0) is 27.8. The molecule has 0 spiro atoms. The number of hydrogen-bond donors (Lipinski definition) is 2. The molecule has 2 bridgehead atoms. The zero-order valence-electron chi connectivity index (χ0n) is 21.1. The number of halogens is 4. The van der Waals surface area contributed by atoms with E-state index in [0.717, 1.165) is 23.3 Å². The fraction of sp³-hybridized carbons (Fsp3) is 0.276. The maximum absolute atomic E-state index is 14.7. The van der Waals surface area contributed by atoms with Gasteiger partial charge in [-0.3, -0.25) is 14.6 Å². The molecule has 1 aromatic heterocycles. The Hall–Kier alpha value is -3.30. The lowest BCUT2D eigenvalue weighted by Crippen LogP contribution is -2.38. The van der Waals surface area contributed by atoms with Crippen molar-refractivity contribution in [2.45, 2.75) is 38.6 Å². The number of amides is 2. The number of fused-ring (bicyclic) bond motifs is 4. The molecule has 0 saturated heterocycles. The van der Waals surface area contributed by atoms with E-state index in [4.69, 9.17) is 17.3 Å². The minimum absolute atomic E-state index is 0.114. The van der Waals surface area contributed by atoms with Crippen molar-refractivity contribution in [2.24, 2.45) is 5.92 Å². The lowest BCUT2D eigenvalue weighted by molar-refractivity contribution is -0.129. The van der Waals surface area contributed by atoms with Crippen molar-refractivity contribution in [3.8, 4) is 11.1 Å². The summed E-state index contributed by atoms with van der Waals surface area (Å²) in [5.74, 6) is -2.38. The number of aromatic nitrogens is 1. The van der Waals surface area contributed by atoms with Crippen molar-refractivity contribution in [1.29, 1.82) is 0 Å². The first-order valence-electron chi connectivity index (χ1n) is 12.6. The lowest BCUT2D eigenvalue weighted by Gasteiger charge is -2.34. The van der Waals surface area contributed by atoms with Crippen LogP contribution in [0.2, 0.25) is 5.02 Å². The van der Waals surface area contributed by atoms with E-state index >= 15 is 0 Å². The van der Waals surface area contributed by atoms with E-state index in [9.17, 15) is 18.4 Å². The van der Waals surface area contributed by atoms with Gasteiger partial charge in [-0.1, -0.05) is 24.9 Å². The van der Waals surface area contributed by atoms with Gasteiger partial charge in [0.05, 0.1) is 28.0 Å². The predicted octanol–water partition coefficient (Wildman–Crippen LogP) is 7.14. The third-order valence-electron chi connectivity index (χ3n) is 7.33. The van der Waals surface area contributed by atoms with Crippen LogP contribution in [0, 0.1) is 17.6 Å². The van der Waals surface area contributed by atoms with Gasteiger partial charge in [0.15, 0.2) is 5.82 Å². The van der Waals surface area contributed by atoms with Gasteiger partial charge in [0.2, 0.25) is 11.8 Å². The van der Waals surface area contributed by atoms with Crippen molar-refractivity contribution in [3.05, 3.63) is 81.1 Å². The number of nitrogens with zero attached hydrogens (tertiary/aromatic N) is 2. The molecule has 2 aliphatic rings. The zero-order valence-corrected chi connectivity index (χ0v) is 23.5. The van der Waals surface area contributed by atoms with E-state index in [2.05, 4.69) is 26.2 Å². The average molecular weight is 616 g/mol. The van der Waals surface area contributed by atoms with E-state index in [1.807, 2.05) is 25.1 Å². The smallest absolute Gasteiger partial charge is 0.247 e. The summed E-state index contributed by atoms with van der Waals surface area (Å²) in [7, 11) is 0. The van der Waals surface area contributed by atoms with Gasteiger partial charge in [-0.15, -0.1) is 0 Å².